The molecule has 1 unspecified atom stereocenters. The van der Waals surface area contributed by atoms with Gasteiger partial charge in [-0.3, -0.25) is 15.2 Å². The van der Waals surface area contributed by atoms with E-state index in [9.17, 15) is 18.0 Å². The van der Waals surface area contributed by atoms with Crippen LogP contribution in [0, 0.1) is 0 Å². The van der Waals surface area contributed by atoms with E-state index in [4.69, 9.17) is 21.7 Å². The summed E-state index contributed by atoms with van der Waals surface area (Å²) < 4.78 is 49.4. The van der Waals surface area contributed by atoms with Gasteiger partial charge >= 0.3 is 6.18 Å². The lowest BCUT2D eigenvalue weighted by atomic mass is 10.2. The Kier molecular flexibility index (Phi) is 8.41. The van der Waals surface area contributed by atoms with Crippen molar-refractivity contribution in [2.24, 2.45) is 0 Å². The van der Waals surface area contributed by atoms with Crippen molar-refractivity contribution in [3.63, 3.8) is 0 Å². The van der Waals surface area contributed by atoms with Gasteiger partial charge in [0.2, 0.25) is 0 Å². The first-order valence-corrected chi connectivity index (χ1v) is 10.9. The predicted molar refractivity (Wildman–Crippen MR) is 130 cm³/mol. The van der Waals surface area contributed by atoms with Gasteiger partial charge in [-0.1, -0.05) is 42.5 Å². The van der Waals surface area contributed by atoms with E-state index in [0.717, 1.165) is 17.7 Å². The molecule has 0 saturated carbocycles. The van der Waals surface area contributed by atoms with Gasteiger partial charge < -0.3 is 9.47 Å². The summed E-state index contributed by atoms with van der Waals surface area (Å²) in [4.78, 5) is 12.6. The molecule has 0 aromatic heterocycles. The summed E-state index contributed by atoms with van der Waals surface area (Å²) in [6.07, 6.45) is -5.25. The molecule has 0 spiro atoms. The number of thiocarbonyl (C=S) groups is 1. The van der Waals surface area contributed by atoms with Gasteiger partial charge in [0, 0.05) is 0 Å². The molecule has 3 aromatic rings. The van der Waals surface area contributed by atoms with E-state index >= 15 is 0 Å². The molecular formula is C24H21F3N2O3S2. The van der Waals surface area contributed by atoms with Crippen molar-refractivity contribution in [2.45, 2.75) is 25.7 Å². The summed E-state index contributed by atoms with van der Waals surface area (Å²) in [5.74, 6) is 0.650. The summed E-state index contributed by atoms with van der Waals surface area (Å²) in [7, 11) is 0. The smallest absolute Gasteiger partial charge is 0.416 e. The zero-order valence-electron chi connectivity index (χ0n) is 18.0. The number of nitrogens with one attached hydrogen (secondary N) is 1. The second kappa shape index (κ2) is 11.3. The maximum atomic E-state index is 12.7. The largest absolute Gasteiger partial charge is 0.481 e. The molecule has 34 heavy (non-hydrogen) atoms. The van der Waals surface area contributed by atoms with Gasteiger partial charge in [-0.2, -0.15) is 13.2 Å². The molecule has 3 rings (SSSR count). The van der Waals surface area contributed by atoms with Crippen molar-refractivity contribution < 1.29 is 27.4 Å². The molecule has 5 nitrogen and oxygen atoms in total. The minimum Gasteiger partial charge on any atom is -0.481 e. The minimum absolute atomic E-state index is 0.203. The second-order valence-electron chi connectivity index (χ2n) is 7.19. The Morgan fingerprint density at radius 1 is 0.971 bits per heavy atom. The second-order valence-corrected chi connectivity index (χ2v) is 8.30. The van der Waals surface area contributed by atoms with E-state index in [2.05, 4.69) is 18.1 Å². The number of halogens is 3. The maximum Gasteiger partial charge on any atom is 0.416 e. The van der Waals surface area contributed by atoms with Crippen LogP contribution >= 0.6 is 24.8 Å². The Morgan fingerprint density at radius 2 is 1.50 bits per heavy atom. The highest BCUT2D eigenvalue weighted by atomic mass is 32.1. The molecule has 0 aliphatic heterocycles. The van der Waals surface area contributed by atoms with Crippen LogP contribution in [0.3, 0.4) is 0 Å². The van der Waals surface area contributed by atoms with Crippen LogP contribution in [0.4, 0.5) is 13.2 Å². The summed E-state index contributed by atoms with van der Waals surface area (Å²) in [6, 6.07) is 20.2. The van der Waals surface area contributed by atoms with Crippen LogP contribution in [0.25, 0.3) is 0 Å². The van der Waals surface area contributed by atoms with E-state index in [1.807, 2.05) is 30.3 Å². The average molecular weight is 507 g/mol. The lowest BCUT2D eigenvalue weighted by molar-refractivity contribution is -0.137. The topological polar surface area (TPSA) is 50.8 Å². The van der Waals surface area contributed by atoms with Gasteiger partial charge in [0.25, 0.3) is 5.91 Å². The summed E-state index contributed by atoms with van der Waals surface area (Å²) in [5.41, 5.74) is 2.88. The van der Waals surface area contributed by atoms with E-state index in [1.165, 1.54) is 17.1 Å². The molecule has 0 radical (unpaired) electrons. The van der Waals surface area contributed by atoms with Crippen molar-refractivity contribution in [3.05, 3.63) is 90.0 Å². The van der Waals surface area contributed by atoms with Gasteiger partial charge in [-0.15, -0.1) is 12.6 Å². The first kappa shape index (κ1) is 25.4. The molecule has 0 aliphatic rings. The first-order valence-electron chi connectivity index (χ1n) is 10.1. The van der Waals surface area contributed by atoms with Gasteiger partial charge in [-0.25, -0.2) is 0 Å². The third kappa shape index (κ3) is 7.39. The van der Waals surface area contributed by atoms with Crippen molar-refractivity contribution in [1.29, 1.82) is 0 Å². The molecular weight excluding hydrogens is 485 g/mol. The number of amides is 1. The molecule has 1 amide bonds. The Balaban J connectivity index is 1.55. The number of nitrogens with zero attached hydrogens (tertiary/aromatic N) is 1. The third-order valence-electron chi connectivity index (χ3n) is 4.58. The Hall–Kier alpha value is -3.24. The van der Waals surface area contributed by atoms with E-state index < -0.39 is 23.8 Å². The fourth-order valence-corrected chi connectivity index (χ4v) is 3.07. The van der Waals surface area contributed by atoms with E-state index in [0.29, 0.717) is 18.0 Å². The van der Waals surface area contributed by atoms with Crippen molar-refractivity contribution in [2.75, 3.05) is 0 Å². The fourth-order valence-electron chi connectivity index (χ4n) is 2.84. The molecule has 10 heteroatoms. The van der Waals surface area contributed by atoms with Gasteiger partial charge in [0.15, 0.2) is 10.4 Å². The van der Waals surface area contributed by atoms with Crippen molar-refractivity contribution in [3.8, 4) is 17.2 Å². The van der Waals surface area contributed by atoms with Crippen LogP contribution < -0.4 is 14.9 Å². The highest BCUT2D eigenvalue weighted by Gasteiger charge is 2.30. The number of hydrazine groups is 1. The molecule has 1 atom stereocenters. The van der Waals surface area contributed by atoms with Gasteiger partial charge in [0.1, 0.15) is 17.2 Å². The molecule has 3 aromatic carbocycles. The Morgan fingerprint density at radius 3 is 2.03 bits per heavy atom. The third-order valence-corrected chi connectivity index (χ3v) is 5.04. The van der Waals surface area contributed by atoms with Gasteiger partial charge in [0.05, 0.1) is 12.1 Å². The molecule has 0 bridgehead atoms. The fraction of sp³-hybridized carbons (Fsp3) is 0.167. The normalized spacial score (nSPS) is 11.9. The first-order chi connectivity index (χ1) is 16.1. The number of hydrogen-bond donors (Lipinski definition) is 2. The van der Waals surface area contributed by atoms with E-state index in [1.54, 1.807) is 31.2 Å². The van der Waals surface area contributed by atoms with Crippen LogP contribution in [0.2, 0.25) is 0 Å². The molecule has 0 heterocycles. The highest BCUT2D eigenvalue weighted by molar-refractivity contribution is 8.10. The highest BCUT2D eigenvalue weighted by Crippen LogP contribution is 2.31. The van der Waals surface area contributed by atoms with Crippen molar-refractivity contribution in [1.82, 2.24) is 10.4 Å². The summed E-state index contributed by atoms with van der Waals surface area (Å²) in [5, 5.41) is 1.44. The number of thiol groups is 1. The SMILES string of the molecule is CC(Oc1ccc(Oc2ccc(C(F)(F)F)cc2)cc1)C(=O)NN(Cc1ccccc1)C(=S)S. The van der Waals surface area contributed by atoms with Gasteiger partial charge in [-0.05, 0) is 61.0 Å². The van der Waals surface area contributed by atoms with Crippen molar-refractivity contribution >= 4 is 35.1 Å². The number of benzene rings is 3. The average Bonchev–Trinajstić information content (AvgIpc) is 2.80. The quantitative estimate of drug-likeness (QED) is 0.233. The lowest BCUT2D eigenvalue weighted by Crippen LogP contribution is -2.48. The Labute approximate surface area is 205 Å². The summed E-state index contributed by atoms with van der Waals surface area (Å²) in [6.45, 7) is 1.93. The van der Waals surface area contributed by atoms with Crippen LogP contribution in [0.15, 0.2) is 78.9 Å². The van der Waals surface area contributed by atoms with Crippen LogP contribution in [-0.2, 0) is 17.5 Å². The predicted octanol–water partition coefficient (Wildman–Crippen LogP) is 6.01. The van der Waals surface area contributed by atoms with Crippen LogP contribution in [0.1, 0.15) is 18.1 Å². The number of carbonyl (C=O) groups excluding carboxylic acids is 1. The maximum absolute atomic E-state index is 12.7. The molecule has 0 saturated heterocycles. The molecule has 1 N–H and O–H groups in total. The monoisotopic (exact) mass is 506 g/mol. The Bertz CT molecular complexity index is 1110. The van der Waals surface area contributed by atoms with Crippen LogP contribution in [0.5, 0.6) is 17.2 Å². The number of hydrogen-bond acceptors (Lipinski definition) is 4. The van der Waals surface area contributed by atoms with E-state index in [-0.39, 0.29) is 10.1 Å². The lowest BCUT2D eigenvalue weighted by Gasteiger charge is -2.25. The molecule has 178 valence electrons. The minimum atomic E-state index is -4.41. The zero-order chi connectivity index (χ0) is 24.7. The number of rotatable bonds is 7. The zero-order valence-corrected chi connectivity index (χ0v) is 19.7. The molecule has 0 fully saturated rings. The van der Waals surface area contributed by atoms with Crippen LogP contribution in [-0.4, -0.2) is 21.3 Å². The number of ether oxygens (including phenoxy) is 2. The summed E-state index contributed by atoms with van der Waals surface area (Å²) >= 11 is 9.28. The standard InChI is InChI=1S/C24H21F3N2O3S2/c1-16(22(30)28-29(23(33)34)15-17-5-3-2-4-6-17)31-19-11-13-21(14-12-19)32-20-9-7-18(8-10-20)24(25,26)27/h2-14,16H,15H2,1H3,(H,28,30)(H,33,34). The number of carbonyl (C=O) groups is 1. The number of alkyl halides is 3. The molecule has 0 aliphatic carbocycles.